The number of aromatic carboxylic acids is 1. The van der Waals surface area contributed by atoms with Crippen LogP contribution < -0.4 is 0 Å². The van der Waals surface area contributed by atoms with E-state index in [4.69, 9.17) is 0 Å². The van der Waals surface area contributed by atoms with Gasteiger partial charge in [0.25, 0.3) is 0 Å². The number of aromatic nitrogens is 1. The van der Waals surface area contributed by atoms with E-state index in [1.165, 1.54) is 6.20 Å². The van der Waals surface area contributed by atoms with Crippen molar-refractivity contribution in [1.29, 1.82) is 0 Å². The molecule has 2 heterocycles. The molecule has 1 aromatic heterocycles. The summed E-state index contributed by atoms with van der Waals surface area (Å²) < 4.78 is 0. The molecule has 1 spiro atoms. The predicted molar refractivity (Wildman–Crippen MR) is 59.4 cm³/mol. The molecule has 3 N–H and O–H groups in total. The van der Waals surface area contributed by atoms with Crippen LogP contribution in [-0.4, -0.2) is 33.4 Å². The zero-order valence-corrected chi connectivity index (χ0v) is 9.10. The molecule has 3 aliphatic rings. The van der Waals surface area contributed by atoms with Crippen LogP contribution in [0.25, 0.3) is 0 Å². The van der Waals surface area contributed by atoms with Crippen LogP contribution in [0.1, 0.15) is 40.6 Å². The van der Waals surface area contributed by atoms with Crippen molar-refractivity contribution in [2.75, 3.05) is 6.54 Å². The molecule has 88 valence electrons. The fraction of sp³-hybridized carbons (Fsp3) is 0.500. The summed E-state index contributed by atoms with van der Waals surface area (Å²) in [6.45, 7) is 0.783. The molecule has 0 radical (unpaired) electrons. The van der Waals surface area contributed by atoms with E-state index in [0.717, 1.165) is 24.2 Å². The zero-order valence-electron chi connectivity index (χ0n) is 9.10. The number of fused-ring (bicyclic) bond motifs is 1. The van der Waals surface area contributed by atoms with E-state index in [-0.39, 0.29) is 5.41 Å². The van der Waals surface area contributed by atoms with Crippen LogP contribution >= 0.6 is 0 Å². The van der Waals surface area contributed by atoms with Crippen molar-refractivity contribution >= 4 is 11.7 Å². The van der Waals surface area contributed by atoms with E-state index < -0.39 is 12.1 Å². The monoisotopic (exact) mass is 232 g/mol. The summed E-state index contributed by atoms with van der Waals surface area (Å²) in [6, 6.07) is 0. The number of nitrogens with one attached hydrogen (secondary N) is 1. The molecule has 1 aromatic rings. The van der Waals surface area contributed by atoms with Crippen LogP contribution in [-0.2, 0) is 5.41 Å². The number of hydrogen-bond donors (Lipinski definition) is 3. The van der Waals surface area contributed by atoms with Gasteiger partial charge in [0.15, 0.2) is 0 Å². The van der Waals surface area contributed by atoms with Gasteiger partial charge < -0.3 is 15.2 Å². The summed E-state index contributed by atoms with van der Waals surface area (Å²) in [5, 5.41) is 19.3. The SMILES string of the molecule is O=C(O)c1c[nH]c2c1C13CC1CN=C3CC2O. The van der Waals surface area contributed by atoms with Crippen molar-refractivity contribution in [3.63, 3.8) is 0 Å². The van der Waals surface area contributed by atoms with Gasteiger partial charge in [-0.15, -0.1) is 0 Å². The van der Waals surface area contributed by atoms with E-state index in [1.54, 1.807) is 0 Å². The number of H-pyrrole nitrogens is 1. The number of aliphatic imine (C=N–C) groups is 1. The average Bonchev–Trinajstić information content (AvgIpc) is 2.71. The zero-order chi connectivity index (χ0) is 11.8. The number of carboxylic acids is 1. The number of hydrogen-bond acceptors (Lipinski definition) is 3. The van der Waals surface area contributed by atoms with E-state index >= 15 is 0 Å². The van der Waals surface area contributed by atoms with E-state index in [0.29, 0.717) is 23.6 Å². The number of aromatic amines is 1. The van der Waals surface area contributed by atoms with Crippen molar-refractivity contribution in [1.82, 2.24) is 4.98 Å². The van der Waals surface area contributed by atoms with Gasteiger partial charge in [0.05, 0.1) is 11.7 Å². The van der Waals surface area contributed by atoms with Crippen LogP contribution in [0.3, 0.4) is 0 Å². The van der Waals surface area contributed by atoms with Crippen LogP contribution in [0, 0.1) is 5.92 Å². The highest BCUT2D eigenvalue weighted by Crippen LogP contribution is 2.63. The molecule has 0 aromatic carbocycles. The predicted octanol–water partition coefficient (Wildman–Crippen LogP) is 0.862. The number of aliphatic hydroxyl groups is 1. The Balaban J connectivity index is 2.00. The highest BCUT2D eigenvalue weighted by atomic mass is 16.4. The molecular weight excluding hydrogens is 220 g/mol. The highest BCUT2D eigenvalue weighted by molar-refractivity contribution is 6.05. The van der Waals surface area contributed by atoms with Gasteiger partial charge in [-0.05, 0) is 12.3 Å². The van der Waals surface area contributed by atoms with Crippen LogP contribution in [0.5, 0.6) is 0 Å². The first-order chi connectivity index (χ1) is 8.14. The molecule has 2 aliphatic carbocycles. The van der Waals surface area contributed by atoms with Crippen molar-refractivity contribution < 1.29 is 15.0 Å². The lowest BCUT2D eigenvalue weighted by molar-refractivity contribution is 0.0695. The standard InChI is InChI=1S/C12H12N2O3/c15-7-1-8-12(2-5(12)3-13-8)9-6(11(16)17)4-14-10(7)9/h4-5,7,14-15H,1-3H2,(H,16,17). The molecule has 0 saturated heterocycles. The molecule has 1 saturated carbocycles. The minimum absolute atomic E-state index is 0.151. The molecule has 4 rings (SSSR count). The summed E-state index contributed by atoms with van der Waals surface area (Å²) in [6.07, 6.45) is 2.40. The number of aliphatic hydroxyl groups excluding tert-OH is 1. The molecule has 1 fully saturated rings. The second-order valence-corrected chi connectivity index (χ2v) is 5.18. The van der Waals surface area contributed by atoms with E-state index in [2.05, 4.69) is 9.98 Å². The Labute approximate surface area is 97.2 Å². The third kappa shape index (κ3) is 0.904. The van der Waals surface area contributed by atoms with Gasteiger partial charge in [0.1, 0.15) is 0 Å². The third-order valence-corrected chi connectivity index (χ3v) is 4.43. The fourth-order valence-corrected chi connectivity index (χ4v) is 3.60. The molecule has 0 bridgehead atoms. The molecule has 5 heteroatoms. The minimum Gasteiger partial charge on any atom is -0.478 e. The molecule has 5 nitrogen and oxygen atoms in total. The number of carbonyl (C=O) groups is 1. The van der Waals surface area contributed by atoms with Gasteiger partial charge in [0, 0.05) is 41.5 Å². The normalized spacial score (nSPS) is 36.9. The minimum atomic E-state index is -0.928. The molecular formula is C12H12N2O3. The van der Waals surface area contributed by atoms with Gasteiger partial charge >= 0.3 is 5.97 Å². The maximum Gasteiger partial charge on any atom is 0.337 e. The molecule has 17 heavy (non-hydrogen) atoms. The largest absolute Gasteiger partial charge is 0.478 e. The van der Waals surface area contributed by atoms with Gasteiger partial charge in [-0.25, -0.2) is 4.79 Å². The lowest BCUT2D eigenvalue weighted by atomic mass is 9.78. The number of rotatable bonds is 1. The first-order valence-corrected chi connectivity index (χ1v) is 5.81. The summed E-state index contributed by atoms with van der Waals surface area (Å²) >= 11 is 0. The average molecular weight is 232 g/mol. The lowest BCUT2D eigenvalue weighted by Crippen LogP contribution is -2.30. The maximum absolute atomic E-state index is 11.2. The Morgan fingerprint density at radius 3 is 3.12 bits per heavy atom. The highest BCUT2D eigenvalue weighted by Gasteiger charge is 2.65. The molecule has 0 amide bonds. The van der Waals surface area contributed by atoms with Crippen LogP contribution in [0.15, 0.2) is 11.2 Å². The topological polar surface area (TPSA) is 85.7 Å². The summed E-state index contributed by atoms with van der Waals surface area (Å²) in [5.74, 6) is -0.472. The fourth-order valence-electron chi connectivity index (χ4n) is 3.60. The Hall–Kier alpha value is -1.62. The third-order valence-electron chi connectivity index (χ3n) is 4.43. The number of carboxylic acid groups (broad SMARTS) is 1. The second kappa shape index (κ2) is 2.61. The first kappa shape index (κ1) is 9.41. The van der Waals surface area contributed by atoms with Crippen LogP contribution in [0.2, 0.25) is 0 Å². The van der Waals surface area contributed by atoms with Gasteiger partial charge in [-0.1, -0.05) is 0 Å². The summed E-state index contributed by atoms with van der Waals surface area (Å²) in [4.78, 5) is 18.6. The van der Waals surface area contributed by atoms with Gasteiger partial charge in [0.2, 0.25) is 0 Å². The second-order valence-electron chi connectivity index (χ2n) is 5.18. The first-order valence-electron chi connectivity index (χ1n) is 5.81. The maximum atomic E-state index is 11.2. The lowest BCUT2D eigenvalue weighted by Gasteiger charge is -2.27. The Morgan fingerprint density at radius 1 is 1.59 bits per heavy atom. The molecule has 1 aliphatic heterocycles. The smallest absolute Gasteiger partial charge is 0.337 e. The summed E-state index contributed by atoms with van der Waals surface area (Å²) in [5.41, 5.74) is 2.64. The van der Waals surface area contributed by atoms with E-state index in [9.17, 15) is 15.0 Å². The van der Waals surface area contributed by atoms with Crippen molar-refractivity contribution in [3.8, 4) is 0 Å². The van der Waals surface area contributed by atoms with Crippen molar-refractivity contribution in [3.05, 3.63) is 23.0 Å². The van der Waals surface area contributed by atoms with Crippen molar-refractivity contribution in [2.45, 2.75) is 24.4 Å². The number of nitrogens with zero attached hydrogens (tertiary/aromatic N) is 1. The Morgan fingerprint density at radius 2 is 2.41 bits per heavy atom. The van der Waals surface area contributed by atoms with Crippen LogP contribution in [0.4, 0.5) is 0 Å². The van der Waals surface area contributed by atoms with E-state index in [1.807, 2.05) is 0 Å². The molecule has 3 atom stereocenters. The molecule has 3 unspecified atom stereocenters. The van der Waals surface area contributed by atoms with Crippen molar-refractivity contribution in [2.24, 2.45) is 10.9 Å². The van der Waals surface area contributed by atoms with Gasteiger partial charge in [-0.2, -0.15) is 0 Å². The Kier molecular flexibility index (Phi) is 1.45. The summed E-state index contributed by atoms with van der Waals surface area (Å²) in [7, 11) is 0. The Bertz CT molecular complexity index is 574. The van der Waals surface area contributed by atoms with Gasteiger partial charge in [-0.3, -0.25) is 4.99 Å². The quantitative estimate of drug-likeness (QED) is 0.671.